The molecule has 1 amide bonds. The second-order valence-corrected chi connectivity index (χ2v) is 5.43. The van der Waals surface area contributed by atoms with Crippen LogP contribution in [0, 0.1) is 5.92 Å². The summed E-state index contributed by atoms with van der Waals surface area (Å²) in [5.74, 6) is 1.07. The Balaban J connectivity index is 1.95. The van der Waals surface area contributed by atoms with E-state index in [1.54, 1.807) is 12.1 Å². The van der Waals surface area contributed by atoms with Gasteiger partial charge in [0.15, 0.2) is 0 Å². The van der Waals surface area contributed by atoms with Crippen LogP contribution in [-0.2, 0) is 0 Å². The van der Waals surface area contributed by atoms with Crippen molar-refractivity contribution in [3.63, 3.8) is 0 Å². The van der Waals surface area contributed by atoms with Gasteiger partial charge in [0.1, 0.15) is 11.5 Å². The molecule has 1 aromatic carbocycles. The Morgan fingerprint density at radius 2 is 2.14 bits per heavy atom. The smallest absolute Gasteiger partial charge is 0.257 e. The number of piperidine rings is 1. The molecule has 2 N–H and O–H groups in total. The number of carbonyl (C=O) groups excluding carboxylic acids is 1. The van der Waals surface area contributed by atoms with Gasteiger partial charge in [-0.25, -0.2) is 0 Å². The van der Waals surface area contributed by atoms with Crippen LogP contribution in [0.5, 0.6) is 11.5 Å². The minimum Gasteiger partial charge on any atom is -0.507 e. The van der Waals surface area contributed by atoms with Crippen molar-refractivity contribution in [2.45, 2.75) is 19.8 Å². The quantitative estimate of drug-likeness (QED) is 0.869. The van der Waals surface area contributed by atoms with E-state index < -0.39 is 0 Å². The zero-order chi connectivity index (χ0) is 15.2. The SMILES string of the molecule is CCNCC1CCN(C(=O)c2ccc(OC)cc2O)CC1. The highest BCUT2D eigenvalue weighted by atomic mass is 16.5. The lowest BCUT2D eigenvalue weighted by Crippen LogP contribution is -2.40. The molecular formula is C16H24N2O3. The molecule has 0 atom stereocenters. The van der Waals surface area contributed by atoms with Gasteiger partial charge in [0.2, 0.25) is 0 Å². The van der Waals surface area contributed by atoms with E-state index in [-0.39, 0.29) is 11.7 Å². The van der Waals surface area contributed by atoms with Crippen molar-refractivity contribution in [3.8, 4) is 11.5 Å². The molecule has 0 unspecified atom stereocenters. The first-order chi connectivity index (χ1) is 10.2. The van der Waals surface area contributed by atoms with Crippen LogP contribution in [0.25, 0.3) is 0 Å². The van der Waals surface area contributed by atoms with Crippen LogP contribution in [0.4, 0.5) is 0 Å². The van der Waals surface area contributed by atoms with Gasteiger partial charge in [0.25, 0.3) is 5.91 Å². The molecule has 0 aliphatic carbocycles. The number of hydrogen-bond acceptors (Lipinski definition) is 4. The summed E-state index contributed by atoms with van der Waals surface area (Å²) in [5.41, 5.74) is 0.348. The molecule has 1 aliphatic heterocycles. The predicted molar refractivity (Wildman–Crippen MR) is 81.8 cm³/mol. The van der Waals surface area contributed by atoms with Crippen LogP contribution in [0.2, 0.25) is 0 Å². The Hall–Kier alpha value is -1.75. The van der Waals surface area contributed by atoms with Gasteiger partial charge in [-0.2, -0.15) is 0 Å². The van der Waals surface area contributed by atoms with Gasteiger partial charge in [-0.3, -0.25) is 4.79 Å². The van der Waals surface area contributed by atoms with Crippen molar-refractivity contribution in [2.75, 3.05) is 33.3 Å². The van der Waals surface area contributed by atoms with Gasteiger partial charge in [0.05, 0.1) is 12.7 Å². The van der Waals surface area contributed by atoms with E-state index in [9.17, 15) is 9.90 Å². The van der Waals surface area contributed by atoms with Gasteiger partial charge >= 0.3 is 0 Å². The summed E-state index contributed by atoms with van der Waals surface area (Å²) in [6, 6.07) is 4.80. The first-order valence-corrected chi connectivity index (χ1v) is 7.52. The number of phenolic OH excluding ortho intramolecular Hbond substituents is 1. The molecule has 0 spiro atoms. The fourth-order valence-corrected chi connectivity index (χ4v) is 2.68. The number of carbonyl (C=O) groups is 1. The minimum absolute atomic E-state index is 0.0193. The maximum Gasteiger partial charge on any atom is 0.257 e. The standard InChI is InChI=1S/C16H24N2O3/c1-3-17-11-12-6-8-18(9-7-12)16(20)14-5-4-13(21-2)10-15(14)19/h4-5,10,12,17,19H,3,6-9,11H2,1-2H3. The second-order valence-electron chi connectivity index (χ2n) is 5.43. The van der Waals surface area contributed by atoms with Crippen LogP contribution in [0.3, 0.4) is 0 Å². The van der Waals surface area contributed by atoms with E-state index in [2.05, 4.69) is 12.2 Å². The summed E-state index contributed by atoms with van der Waals surface area (Å²) < 4.78 is 5.03. The van der Waals surface area contributed by atoms with Crippen LogP contribution in [-0.4, -0.2) is 49.2 Å². The van der Waals surface area contributed by atoms with E-state index in [0.717, 1.165) is 39.0 Å². The molecule has 0 aromatic heterocycles. The monoisotopic (exact) mass is 292 g/mol. The summed E-state index contributed by atoms with van der Waals surface area (Å²) in [5, 5.41) is 13.3. The highest BCUT2D eigenvalue weighted by Gasteiger charge is 2.25. The number of nitrogens with one attached hydrogen (secondary N) is 1. The topological polar surface area (TPSA) is 61.8 Å². The number of aromatic hydroxyl groups is 1. The maximum atomic E-state index is 12.5. The van der Waals surface area contributed by atoms with Gasteiger partial charge < -0.3 is 20.1 Å². The maximum absolute atomic E-state index is 12.5. The van der Waals surface area contributed by atoms with Gasteiger partial charge in [-0.15, -0.1) is 0 Å². The first-order valence-electron chi connectivity index (χ1n) is 7.52. The molecule has 1 aliphatic rings. The van der Waals surface area contributed by atoms with E-state index in [1.165, 1.54) is 13.2 Å². The van der Waals surface area contributed by atoms with E-state index in [0.29, 0.717) is 17.2 Å². The lowest BCUT2D eigenvalue weighted by atomic mass is 9.96. The van der Waals surface area contributed by atoms with Crippen molar-refractivity contribution in [2.24, 2.45) is 5.92 Å². The van der Waals surface area contributed by atoms with Crippen molar-refractivity contribution < 1.29 is 14.6 Å². The Kier molecular flexibility index (Phi) is 5.44. The fourth-order valence-electron chi connectivity index (χ4n) is 2.68. The molecule has 0 saturated carbocycles. The molecule has 0 radical (unpaired) electrons. The summed E-state index contributed by atoms with van der Waals surface area (Å²) in [7, 11) is 1.53. The van der Waals surface area contributed by atoms with Gasteiger partial charge in [0, 0.05) is 19.2 Å². The molecule has 5 nitrogen and oxygen atoms in total. The van der Waals surface area contributed by atoms with Crippen molar-refractivity contribution in [3.05, 3.63) is 23.8 Å². The van der Waals surface area contributed by atoms with Crippen LogP contribution >= 0.6 is 0 Å². The number of hydrogen-bond donors (Lipinski definition) is 2. The number of phenols is 1. The summed E-state index contributed by atoms with van der Waals surface area (Å²) in [6.07, 6.45) is 2.02. The number of likely N-dealkylation sites (tertiary alicyclic amines) is 1. The van der Waals surface area contributed by atoms with Crippen molar-refractivity contribution in [1.82, 2.24) is 10.2 Å². The Morgan fingerprint density at radius 3 is 2.71 bits per heavy atom. The highest BCUT2D eigenvalue weighted by Crippen LogP contribution is 2.26. The largest absolute Gasteiger partial charge is 0.507 e. The number of ether oxygens (including phenoxy) is 1. The molecule has 0 bridgehead atoms. The zero-order valence-corrected chi connectivity index (χ0v) is 12.8. The second kappa shape index (κ2) is 7.31. The molecule has 21 heavy (non-hydrogen) atoms. The van der Waals surface area contributed by atoms with Crippen LogP contribution < -0.4 is 10.1 Å². The number of rotatable bonds is 5. The normalized spacial score (nSPS) is 16.0. The first kappa shape index (κ1) is 15.6. The van der Waals surface area contributed by atoms with E-state index >= 15 is 0 Å². The third-order valence-electron chi connectivity index (χ3n) is 4.02. The Bertz CT molecular complexity index is 482. The number of methoxy groups -OCH3 is 1. The van der Waals surface area contributed by atoms with E-state index in [4.69, 9.17) is 4.74 Å². The summed E-state index contributed by atoms with van der Waals surface area (Å²) in [6.45, 7) is 5.61. The average molecular weight is 292 g/mol. The summed E-state index contributed by atoms with van der Waals surface area (Å²) >= 11 is 0. The lowest BCUT2D eigenvalue weighted by Gasteiger charge is -2.32. The van der Waals surface area contributed by atoms with Crippen LogP contribution in [0.15, 0.2) is 18.2 Å². The predicted octanol–water partition coefficient (Wildman–Crippen LogP) is 1.86. The third kappa shape index (κ3) is 3.88. The molecule has 116 valence electrons. The number of nitrogens with zero attached hydrogens (tertiary/aromatic N) is 1. The fraction of sp³-hybridized carbons (Fsp3) is 0.562. The number of amides is 1. The third-order valence-corrected chi connectivity index (χ3v) is 4.02. The van der Waals surface area contributed by atoms with Crippen molar-refractivity contribution in [1.29, 1.82) is 0 Å². The lowest BCUT2D eigenvalue weighted by molar-refractivity contribution is 0.0687. The van der Waals surface area contributed by atoms with Crippen molar-refractivity contribution >= 4 is 5.91 Å². The molecule has 1 aromatic rings. The molecule has 5 heteroatoms. The minimum atomic E-state index is -0.1000. The average Bonchev–Trinajstić information content (AvgIpc) is 2.52. The molecule has 1 fully saturated rings. The van der Waals surface area contributed by atoms with Gasteiger partial charge in [-0.05, 0) is 44.0 Å². The Labute approximate surface area is 125 Å². The highest BCUT2D eigenvalue weighted by molar-refractivity contribution is 5.97. The van der Waals surface area contributed by atoms with Crippen LogP contribution in [0.1, 0.15) is 30.1 Å². The zero-order valence-electron chi connectivity index (χ0n) is 12.8. The summed E-state index contributed by atoms with van der Waals surface area (Å²) in [4.78, 5) is 14.3. The Morgan fingerprint density at radius 1 is 1.43 bits per heavy atom. The molecule has 1 heterocycles. The molecular weight excluding hydrogens is 268 g/mol. The van der Waals surface area contributed by atoms with Gasteiger partial charge in [-0.1, -0.05) is 6.92 Å². The number of benzene rings is 1. The molecule has 2 rings (SSSR count). The van der Waals surface area contributed by atoms with E-state index in [1.807, 2.05) is 4.90 Å². The molecule has 1 saturated heterocycles.